The molecule has 0 aromatic heterocycles. The summed E-state index contributed by atoms with van der Waals surface area (Å²) in [5, 5.41) is 13.1. The van der Waals surface area contributed by atoms with E-state index in [4.69, 9.17) is 16.3 Å². The highest BCUT2D eigenvalue weighted by atomic mass is 35.5. The van der Waals surface area contributed by atoms with E-state index in [1.807, 2.05) is 20.8 Å². The first-order valence-corrected chi connectivity index (χ1v) is 14.2. The summed E-state index contributed by atoms with van der Waals surface area (Å²) in [4.78, 5) is 29.2. The molecule has 0 saturated carbocycles. The second-order valence-corrected chi connectivity index (χ2v) is 12.0. The minimum atomic E-state index is -4.05. The maximum atomic E-state index is 13.6. The molecule has 0 fully saturated rings. The number of nitrogens with zero attached hydrogens (tertiary/aromatic N) is 2. The van der Waals surface area contributed by atoms with Gasteiger partial charge < -0.3 is 25.0 Å². The standard InChI is InChI=1S/C26H35ClN4O6S/c1-16(2)28-26(34)30(5)14-23-17(3)13-31(18(4)15-32)25(33)21-7-6-8-22(24(21)37-23)29-38(35,36)20-11-9-19(27)10-12-20/h6-12,16-18,23,29,32H,13-15H2,1-5H3,(H,28,34)/t17-,18+,23+/m1/s1. The number of amides is 3. The summed E-state index contributed by atoms with van der Waals surface area (Å²) in [5.41, 5.74) is 0.226. The Bertz CT molecular complexity index is 1250. The number of likely N-dealkylation sites (N-methyl/N-ethyl adjacent to an activating group) is 1. The van der Waals surface area contributed by atoms with Gasteiger partial charge in [-0.3, -0.25) is 9.52 Å². The van der Waals surface area contributed by atoms with Crippen molar-refractivity contribution >= 4 is 39.2 Å². The lowest BCUT2D eigenvalue weighted by Crippen LogP contribution is -2.51. The van der Waals surface area contributed by atoms with E-state index in [1.54, 1.807) is 31.0 Å². The highest BCUT2D eigenvalue weighted by Crippen LogP contribution is 2.36. The predicted octanol–water partition coefficient (Wildman–Crippen LogP) is 3.41. The third kappa shape index (κ3) is 6.89. The third-order valence-electron chi connectivity index (χ3n) is 6.27. The van der Waals surface area contributed by atoms with Crippen LogP contribution in [0.15, 0.2) is 47.4 Å². The van der Waals surface area contributed by atoms with Gasteiger partial charge in [-0.15, -0.1) is 0 Å². The Morgan fingerprint density at radius 2 is 1.87 bits per heavy atom. The van der Waals surface area contributed by atoms with Crippen molar-refractivity contribution in [3.05, 3.63) is 53.1 Å². The maximum Gasteiger partial charge on any atom is 0.317 e. The molecule has 3 amide bonds. The zero-order valence-electron chi connectivity index (χ0n) is 22.1. The summed E-state index contributed by atoms with van der Waals surface area (Å²) in [6.45, 7) is 7.52. The number of nitrogens with one attached hydrogen (secondary N) is 2. The van der Waals surface area contributed by atoms with Crippen LogP contribution in [0.5, 0.6) is 5.75 Å². The number of halogens is 1. The van der Waals surface area contributed by atoms with Crippen LogP contribution < -0.4 is 14.8 Å². The van der Waals surface area contributed by atoms with E-state index < -0.39 is 28.1 Å². The number of aliphatic hydroxyl groups is 1. The molecule has 1 aliphatic rings. The number of sulfonamides is 1. The van der Waals surface area contributed by atoms with Crippen LogP contribution in [0.1, 0.15) is 38.1 Å². The number of rotatable bonds is 8. The molecule has 10 nitrogen and oxygen atoms in total. The zero-order valence-corrected chi connectivity index (χ0v) is 23.7. The lowest BCUT2D eigenvalue weighted by molar-refractivity contribution is 0.0369. The molecule has 3 rings (SSSR count). The summed E-state index contributed by atoms with van der Waals surface area (Å²) in [5.74, 6) is -0.610. The molecule has 3 N–H and O–H groups in total. The predicted molar refractivity (Wildman–Crippen MR) is 146 cm³/mol. The number of aliphatic hydroxyl groups excluding tert-OH is 1. The number of urea groups is 1. The summed E-state index contributed by atoms with van der Waals surface area (Å²) in [6.07, 6.45) is -0.598. The van der Waals surface area contributed by atoms with Crippen molar-refractivity contribution in [2.75, 3.05) is 31.5 Å². The number of anilines is 1. The fourth-order valence-electron chi connectivity index (χ4n) is 4.07. The summed E-state index contributed by atoms with van der Waals surface area (Å²) >= 11 is 5.91. The van der Waals surface area contributed by atoms with Crippen molar-refractivity contribution in [2.24, 2.45) is 5.92 Å². The second-order valence-electron chi connectivity index (χ2n) is 9.85. The van der Waals surface area contributed by atoms with Gasteiger partial charge in [0.1, 0.15) is 6.10 Å². The largest absolute Gasteiger partial charge is 0.485 e. The van der Waals surface area contributed by atoms with Crippen LogP contribution in [0.2, 0.25) is 5.02 Å². The van der Waals surface area contributed by atoms with Crippen molar-refractivity contribution in [1.29, 1.82) is 0 Å². The molecular weight excluding hydrogens is 532 g/mol. The van der Waals surface area contributed by atoms with Crippen LogP contribution in [-0.2, 0) is 10.0 Å². The molecule has 1 aliphatic heterocycles. The molecule has 1 heterocycles. The number of benzene rings is 2. The molecule has 0 spiro atoms. The van der Waals surface area contributed by atoms with Gasteiger partial charge in [0, 0.05) is 30.6 Å². The fourth-order valence-corrected chi connectivity index (χ4v) is 5.26. The first kappa shape index (κ1) is 29.5. The van der Waals surface area contributed by atoms with Gasteiger partial charge in [-0.05, 0) is 57.2 Å². The van der Waals surface area contributed by atoms with Crippen LogP contribution in [0.3, 0.4) is 0 Å². The van der Waals surface area contributed by atoms with E-state index in [0.717, 1.165) is 0 Å². The topological polar surface area (TPSA) is 128 Å². The highest BCUT2D eigenvalue weighted by Gasteiger charge is 2.35. The Labute approximate surface area is 229 Å². The van der Waals surface area contributed by atoms with Gasteiger partial charge in [-0.1, -0.05) is 24.6 Å². The Morgan fingerprint density at radius 3 is 2.47 bits per heavy atom. The minimum absolute atomic E-state index is 0.0118. The Morgan fingerprint density at radius 1 is 1.21 bits per heavy atom. The van der Waals surface area contributed by atoms with Crippen molar-refractivity contribution in [1.82, 2.24) is 15.1 Å². The first-order chi connectivity index (χ1) is 17.8. The Kier molecular flexibility index (Phi) is 9.50. The number of ether oxygens (including phenoxy) is 1. The molecule has 208 valence electrons. The Hall–Kier alpha value is -3.02. The smallest absolute Gasteiger partial charge is 0.317 e. The number of carbonyl (C=O) groups is 2. The number of carbonyl (C=O) groups excluding carboxylic acids is 2. The molecule has 2 aromatic carbocycles. The molecule has 0 bridgehead atoms. The summed E-state index contributed by atoms with van der Waals surface area (Å²) in [7, 11) is -2.40. The molecule has 38 heavy (non-hydrogen) atoms. The van der Waals surface area contributed by atoms with Crippen LogP contribution in [0, 0.1) is 5.92 Å². The van der Waals surface area contributed by atoms with Gasteiger partial charge in [-0.2, -0.15) is 0 Å². The summed E-state index contributed by atoms with van der Waals surface area (Å²) < 4.78 is 35.2. The maximum absolute atomic E-state index is 13.6. The number of hydrogen-bond acceptors (Lipinski definition) is 6. The quantitative estimate of drug-likeness (QED) is 0.449. The van der Waals surface area contributed by atoms with Crippen molar-refractivity contribution in [3.8, 4) is 5.75 Å². The van der Waals surface area contributed by atoms with Crippen LogP contribution in [-0.4, -0.2) is 80.2 Å². The SMILES string of the molecule is CC(C)NC(=O)N(C)C[C@@H]1Oc2c(NS(=O)(=O)c3ccc(Cl)cc3)cccc2C(=O)N([C@@H](C)CO)C[C@H]1C. The van der Waals surface area contributed by atoms with Crippen molar-refractivity contribution in [2.45, 2.75) is 50.8 Å². The number of hydrogen-bond donors (Lipinski definition) is 3. The molecule has 3 atom stereocenters. The number of para-hydroxylation sites is 1. The highest BCUT2D eigenvalue weighted by molar-refractivity contribution is 7.92. The van der Waals surface area contributed by atoms with Crippen LogP contribution in [0.25, 0.3) is 0 Å². The normalized spacial score (nSPS) is 18.6. The molecule has 12 heteroatoms. The van der Waals surface area contributed by atoms with Gasteiger partial charge in [0.15, 0.2) is 5.75 Å². The molecule has 0 aliphatic carbocycles. The van der Waals surface area contributed by atoms with E-state index >= 15 is 0 Å². The van der Waals surface area contributed by atoms with Gasteiger partial charge >= 0.3 is 6.03 Å². The van der Waals surface area contributed by atoms with Gasteiger partial charge in [0.25, 0.3) is 15.9 Å². The number of fused-ring (bicyclic) bond motifs is 1. The molecule has 0 saturated heterocycles. The van der Waals surface area contributed by atoms with E-state index in [0.29, 0.717) is 5.02 Å². The van der Waals surface area contributed by atoms with E-state index in [-0.39, 0.29) is 59.6 Å². The van der Waals surface area contributed by atoms with E-state index in [2.05, 4.69) is 10.0 Å². The third-order valence-corrected chi connectivity index (χ3v) is 7.91. The average molecular weight is 567 g/mol. The molecule has 0 radical (unpaired) electrons. The van der Waals surface area contributed by atoms with Gasteiger partial charge in [-0.25, -0.2) is 13.2 Å². The average Bonchev–Trinajstić information content (AvgIpc) is 2.85. The fraction of sp³-hybridized carbons (Fsp3) is 0.462. The zero-order chi connectivity index (χ0) is 28.2. The lowest BCUT2D eigenvalue weighted by atomic mass is 9.99. The van der Waals surface area contributed by atoms with Crippen molar-refractivity contribution < 1.29 is 27.9 Å². The van der Waals surface area contributed by atoms with E-state index in [1.165, 1.54) is 35.2 Å². The molecule has 0 unspecified atom stereocenters. The van der Waals surface area contributed by atoms with Crippen LogP contribution in [0.4, 0.5) is 10.5 Å². The molecule has 2 aromatic rings. The van der Waals surface area contributed by atoms with Crippen molar-refractivity contribution in [3.63, 3.8) is 0 Å². The van der Waals surface area contributed by atoms with Gasteiger partial charge in [0.05, 0.1) is 35.3 Å². The lowest BCUT2D eigenvalue weighted by Gasteiger charge is -2.38. The second kappa shape index (κ2) is 12.2. The van der Waals surface area contributed by atoms with E-state index in [9.17, 15) is 23.1 Å². The summed E-state index contributed by atoms with van der Waals surface area (Å²) in [6, 6.07) is 9.47. The minimum Gasteiger partial charge on any atom is -0.485 e. The Balaban J connectivity index is 2.05. The monoisotopic (exact) mass is 566 g/mol. The first-order valence-electron chi connectivity index (χ1n) is 12.4. The molecular formula is C26H35ClN4O6S. The van der Waals surface area contributed by atoms with Gasteiger partial charge in [0.2, 0.25) is 0 Å². The van der Waals surface area contributed by atoms with Crippen LogP contribution >= 0.6 is 11.6 Å².